The minimum absolute atomic E-state index is 0.532. The second kappa shape index (κ2) is 13.5. The molecule has 0 aliphatic rings. The quantitative estimate of drug-likeness (QED) is 0.207. The molecule has 2 aromatic heterocycles. The van der Waals surface area contributed by atoms with Gasteiger partial charge in [-0.25, -0.2) is 9.78 Å². The lowest BCUT2D eigenvalue weighted by molar-refractivity contribution is -0.170. The monoisotopic (exact) mass is 566 g/mol. The third-order valence-corrected chi connectivity index (χ3v) is 5.82. The first-order valence-corrected chi connectivity index (χ1v) is 12.3. The minimum Gasteiger partial charge on any atom is -0.481 e. The largest absolute Gasteiger partial charge is 0.481 e. The Labute approximate surface area is 234 Å². The van der Waals surface area contributed by atoms with E-state index in [2.05, 4.69) is 51.3 Å². The van der Waals surface area contributed by atoms with Crippen molar-refractivity contribution >= 4 is 28.8 Å². The van der Waals surface area contributed by atoms with Crippen LogP contribution >= 0.6 is 0 Å². The maximum absolute atomic E-state index is 10.3. The van der Waals surface area contributed by atoms with E-state index in [0.717, 1.165) is 22.0 Å². The van der Waals surface area contributed by atoms with Crippen LogP contribution in [0, 0.1) is 6.92 Å². The van der Waals surface area contributed by atoms with Crippen molar-refractivity contribution in [2.24, 2.45) is 0 Å². The maximum atomic E-state index is 10.3. The molecule has 0 radical (unpaired) electrons. The number of methoxy groups -OCH3 is 1. The Morgan fingerprint density at radius 1 is 0.951 bits per heavy atom. The van der Waals surface area contributed by atoms with Gasteiger partial charge in [0.05, 0.1) is 32.0 Å². The lowest BCUT2D eigenvalue weighted by Gasteiger charge is -2.18. The van der Waals surface area contributed by atoms with E-state index in [1.165, 1.54) is 5.56 Å². The van der Waals surface area contributed by atoms with Crippen LogP contribution in [0.5, 0.6) is 5.88 Å². The summed E-state index contributed by atoms with van der Waals surface area (Å²) >= 11 is 0. The van der Waals surface area contributed by atoms with Crippen molar-refractivity contribution in [1.29, 1.82) is 0 Å². The summed E-state index contributed by atoms with van der Waals surface area (Å²) in [5.41, 5.74) is 1.31. The highest BCUT2D eigenvalue weighted by molar-refractivity contribution is 5.88. The third-order valence-electron chi connectivity index (χ3n) is 5.82. The van der Waals surface area contributed by atoms with Gasteiger partial charge in [0.15, 0.2) is 5.60 Å². The van der Waals surface area contributed by atoms with E-state index in [1.807, 2.05) is 37.4 Å². The SMILES string of the molecule is COc1nc2cc(C)ccc2cc1CN(C)Cc1nnc(-c2ccccc2)o1.O=C(O)CC(O)(CC(=O)O)C(=O)O. The molecule has 0 fully saturated rings. The summed E-state index contributed by atoms with van der Waals surface area (Å²) in [5, 5.41) is 43.2. The van der Waals surface area contributed by atoms with Crippen LogP contribution in [0.1, 0.15) is 29.9 Å². The zero-order valence-electron chi connectivity index (χ0n) is 22.6. The molecule has 2 heterocycles. The van der Waals surface area contributed by atoms with E-state index in [0.29, 0.717) is 30.8 Å². The fourth-order valence-electron chi connectivity index (χ4n) is 3.90. The van der Waals surface area contributed by atoms with Crippen molar-refractivity contribution in [3.05, 3.63) is 71.6 Å². The number of hydrogen-bond acceptors (Lipinski definition) is 10. The van der Waals surface area contributed by atoms with Gasteiger partial charge in [-0.1, -0.05) is 30.3 Å². The molecule has 13 nitrogen and oxygen atoms in total. The maximum Gasteiger partial charge on any atom is 0.336 e. The van der Waals surface area contributed by atoms with Crippen molar-refractivity contribution in [2.45, 2.75) is 38.5 Å². The predicted octanol–water partition coefficient (Wildman–Crippen LogP) is 2.99. The highest BCUT2D eigenvalue weighted by atomic mass is 16.5. The molecule has 4 N–H and O–H groups in total. The molecule has 0 saturated heterocycles. The Balaban J connectivity index is 0.000000302. The van der Waals surface area contributed by atoms with E-state index >= 15 is 0 Å². The Morgan fingerprint density at radius 3 is 2.20 bits per heavy atom. The fraction of sp³-hybridized carbons (Fsp3) is 0.286. The zero-order chi connectivity index (χ0) is 30.2. The summed E-state index contributed by atoms with van der Waals surface area (Å²) in [7, 11) is 3.66. The molecule has 0 aliphatic carbocycles. The number of ether oxygens (including phenoxy) is 1. The molecule has 0 saturated carbocycles. The number of aromatic nitrogens is 3. The van der Waals surface area contributed by atoms with Gasteiger partial charge in [0.1, 0.15) is 0 Å². The first-order chi connectivity index (χ1) is 19.4. The number of carbonyl (C=O) groups is 3. The molecular formula is C28H30N4O9. The van der Waals surface area contributed by atoms with Gasteiger partial charge in [0.2, 0.25) is 17.7 Å². The van der Waals surface area contributed by atoms with E-state index in [1.54, 1.807) is 7.11 Å². The zero-order valence-corrected chi connectivity index (χ0v) is 22.6. The Morgan fingerprint density at radius 2 is 1.61 bits per heavy atom. The van der Waals surface area contributed by atoms with Crippen LogP contribution in [-0.2, 0) is 27.5 Å². The second-order valence-corrected chi connectivity index (χ2v) is 9.37. The molecule has 13 heteroatoms. The van der Waals surface area contributed by atoms with Crippen molar-refractivity contribution in [1.82, 2.24) is 20.1 Å². The van der Waals surface area contributed by atoms with Crippen LogP contribution in [0.15, 0.2) is 59.0 Å². The van der Waals surface area contributed by atoms with Crippen LogP contribution in [0.4, 0.5) is 0 Å². The van der Waals surface area contributed by atoms with Crippen molar-refractivity contribution in [3.63, 3.8) is 0 Å². The van der Waals surface area contributed by atoms with Gasteiger partial charge in [-0.2, -0.15) is 0 Å². The van der Waals surface area contributed by atoms with Crippen LogP contribution in [0.2, 0.25) is 0 Å². The topological polar surface area (TPSA) is 196 Å². The molecule has 0 atom stereocenters. The first-order valence-electron chi connectivity index (χ1n) is 12.3. The first kappa shape index (κ1) is 30.7. The summed E-state index contributed by atoms with van der Waals surface area (Å²) in [5.74, 6) is -3.27. The number of nitrogens with zero attached hydrogens (tertiary/aromatic N) is 4. The molecule has 41 heavy (non-hydrogen) atoms. The summed E-state index contributed by atoms with van der Waals surface area (Å²) in [4.78, 5) is 37.2. The van der Waals surface area contributed by atoms with Crippen LogP contribution < -0.4 is 4.74 Å². The third kappa shape index (κ3) is 8.55. The van der Waals surface area contributed by atoms with Gasteiger partial charge in [-0.15, -0.1) is 10.2 Å². The average molecular weight is 567 g/mol. The van der Waals surface area contributed by atoms with Gasteiger partial charge in [-0.05, 0) is 43.8 Å². The molecule has 0 amide bonds. The molecule has 0 bridgehead atoms. The lowest BCUT2D eigenvalue weighted by Crippen LogP contribution is -2.42. The summed E-state index contributed by atoms with van der Waals surface area (Å²) in [6.07, 6.45) is -2.29. The number of aliphatic carboxylic acids is 3. The van der Waals surface area contributed by atoms with Crippen LogP contribution in [0.25, 0.3) is 22.4 Å². The Hall–Kier alpha value is -4.88. The van der Waals surface area contributed by atoms with Crippen molar-refractivity contribution in [2.75, 3.05) is 14.2 Å². The van der Waals surface area contributed by atoms with Gasteiger partial charge in [0, 0.05) is 23.1 Å². The van der Waals surface area contributed by atoms with E-state index in [9.17, 15) is 14.4 Å². The molecule has 4 rings (SSSR count). The van der Waals surface area contributed by atoms with Crippen LogP contribution in [-0.4, -0.2) is 78.2 Å². The van der Waals surface area contributed by atoms with Gasteiger partial charge in [-0.3, -0.25) is 14.5 Å². The molecule has 0 spiro atoms. The molecule has 0 unspecified atom stereocenters. The van der Waals surface area contributed by atoms with Crippen molar-refractivity contribution in [3.8, 4) is 17.3 Å². The number of hydrogen-bond donors (Lipinski definition) is 4. The van der Waals surface area contributed by atoms with Gasteiger partial charge < -0.3 is 29.6 Å². The van der Waals surface area contributed by atoms with Crippen LogP contribution in [0.3, 0.4) is 0 Å². The van der Waals surface area contributed by atoms with Gasteiger partial charge in [0.25, 0.3) is 0 Å². The highest BCUT2D eigenvalue weighted by Crippen LogP contribution is 2.25. The average Bonchev–Trinajstić information content (AvgIpc) is 3.36. The summed E-state index contributed by atoms with van der Waals surface area (Å²) < 4.78 is 11.3. The number of carboxylic acids is 3. The number of carboxylic acid groups (broad SMARTS) is 3. The lowest BCUT2D eigenvalue weighted by atomic mass is 9.96. The molecule has 4 aromatic rings. The summed E-state index contributed by atoms with van der Waals surface area (Å²) in [6.45, 7) is 3.25. The smallest absolute Gasteiger partial charge is 0.336 e. The minimum atomic E-state index is -2.74. The van der Waals surface area contributed by atoms with Crippen molar-refractivity contribution < 1.29 is 44.0 Å². The van der Waals surface area contributed by atoms with E-state index < -0.39 is 36.4 Å². The summed E-state index contributed by atoms with van der Waals surface area (Å²) in [6, 6.07) is 18.1. The number of fused-ring (bicyclic) bond motifs is 1. The fourth-order valence-corrected chi connectivity index (χ4v) is 3.90. The molecule has 2 aromatic carbocycles. The van der Waals surface area contributed by atoms with Gasteiger partial charge >= 0.3 is 17.9 Å². The number of benzene rings is 2. The van der Waals surface area contributed by atoms with E-state index in [4.69, 9.17) is 29.6 Å². The number of rotatable bonds is 11. The predicted molar refractivity (Wildman–Crippen MR) is 145 cm³/mol. The normalized spacial score (nSPS) is 11.1. The Kier molecular flexibility index (Phi) is 10.1. The number of aliphatic hydroxyl groups is 1. The number of aryl methyl sites for hydroxylation is 1. The molecule has 216 valence electrons. The van der Waals surface area contributed by atoms with E-state index in [-0.39, 0.29) is 0 Å². The standard InChI is InChI=1S/C22H22N4O2.C6H8O7/c1-15-9-10-17-12-18(21(27-3)23-19(17)11-15)13-26(2)14-20-24-25-22(28-20)16-7-5-4-6-8-16;7-3(8)1-6(13,5(11)12)2-4(9)10/h4-12H,13-14H2,1-3H3;13H,1-2H2,(H,7,8)(H,9,10)(H,11,12). The Bertz CT molecular complexity index is 1510. The highest BCUT2D eigenvalue weighted by Gasteiger charge is 2.40. The molecule has 0 aliphatic heterocycles. The molecular weight excluding hydrogens is 536 g/mol. The number of pyridine rings is 1. The second-order valence-electron chi connectivity index (χ2n) is 9.37.